The highest BCUT2D eigenvalue weighted by molar-refractivity contribution is 14.1. The fourth-order valence-electron chi connectivity index (χ4n) is 1.80. The quantitative estimate of drug-likeness (QED) is 0.700. The van der Waals surface area contributed by atoms with E-state index in [2.05, 4.69) is 24.1 Å². The third kappa shape index (κ3) is 4.75. The molecule has 0 saturated heterocycles. The van der Waals surface area contributed by atoms with Gasteiger partial charge in [0.1, 0.15) is 0 Å². The molecule has 0 fully saturated rings. The summed E-state index contributed by atoms with van der Waals surface area (Å²) in [6.45, 7) is 7.46. The van der Waals surface area contributed by atoms with Crippen LogP contribution in [0.2, 0.25) is 0 Å². The van der Waals surface area contributed by atoms with Crippen molar-refractivity contribution >= 4 is 34.5 Å². The Balaban J connectivity index is 2.60. The summed E-state index contributed by atoms with van der Waals surface area (Å²) in [6.07, 6.45) is 0. The molecule has 0 unspecified atom stereocenters. The predicted octanol–water partition coefficient (Wildman–Crippen LogP) is 2.06. The first-order chi connectivity index (χ1) is 9.49. The third-order valence-electron chi connectivity index (χ3n) is 3.07. The second kappa shape index (κ2) is 8.21. The van der Waals surface area contributed by atoms with E-state index in [1.165, 1.54) is 6.07 Å². The van der Waals surface area contributed by atoms with Gasteiger partial charge in [0.2, 0.25) is 0 Å². The standard InChI is InChI=1S/C14H19IN2O3/c1-3-17(4-2)8-7-16-13(18)10-5-6-11(14(19)20)12(15)9-10/h5-6,9H,3-4,7-8H2,1-2H3,(H,16,18)(H,19,20). The Bertz CT molecular complexity index is 487. The minimum absolute atomic E-state index is 0.174. The number of nitrogens with zero attached hydrogens (tertiary/aromatic N) is 1. The number of carboxylic acid groups (broad SMARTS) is 1. The summed E-state index contributed by atoms with van der Waals surface area (Å²) in [5.41, 5.74) is 0.698. The van der Waals surface area contributed by atoms with Crippen molar-refractivity contribution in [1.82, 2.24) is 10.2 Å². The number of nitrogens with one attached hydrogen (secondary N) is 1. The van der Waals surface area contributed by atoms with Gasteiger partial charge in [-0.25, -0.2) is 4.79 Å². The van der Waals surface area contributed by atoms with Crippen LogP contribution in [0.3, 0.4) is 0 Å². The smallest absolute Gasteiger partial charge is 0.336 e. The second-order valence-electron chi connectivity index (χ2n) is 4.28. The average Bonchev–Trinajstić information content (AvgIpc) is 2.42. The van der Waals surface area contributed by atoms with Gasteiger partial charge in [-0.2, -0.15) is 0 Å². The summed E-state index contributed by atoms with van der Waals surface area (Å²) in [7, 11) is 0. The summed E-state index contributed by atoms with van der Waals surface area (Å²) in [5, 5.41) is 11.8. The van der Waals surface area contributed by atoms with E-state index in [9.17, 15) is 9.59 Å². The van der Waals surface area contributed by atoms with Crippen molar-refractivity contribution in [3.63, 3.8) is 0 Å². The number of hydrogen-bond donors (Lipinski definition) is 2. The zero-order valence-electron chi connectivity index (χ0n) is 11.6. The van der Waals surface area contributed by atoms with Gasteiger partial charge in [0, 0.05) is 22.2 Å². The van der Waals surface area contributed by atoms with Crippen LogP contribution in [-0.2, 0) is 0 Å². The molecule has 0 aliphatic carbocycles. The molecule has 20 heavy (non-hydrogen) atoms. The van der Waals surface area contributed by atoms with E-state index in [1.54, 1.807) is 12.1 Å². The van der Waals surface area contributed by atoms with Gasteiger partial charge in [-0.15, -0.1) is 0 Å². The topological polar surface area (TPSA) is 69.6 Å². The number of carbonyl (C=O) groups excluding carboxylic acids is 1. The van der Waals surface area contributed by atoms with Crippen molar-refractivity contribution in [2.75, 3.05) is 26.2 Å². The van der Waals surface area contributed by atoms with E-state index < -0.39 is 5.97 Å². The molecule has 0 aromatic heterocycles. The van der Waals surface area contributed by atoms with Crippen LogP contribution in [0.15, 0.2) is 18.2 Å². The molecule has 0 heterocycles. The molecule has 0 radical (unpaired) electrons. The van der Waals surface area contributed by atoms with E-state index in [1.807, 2.05) is 22.6 Å². The Morgan fingerprint density at radius 3 is 2.45 bits per heavy atom. The summed E-state index contributed by atoms with van der Waals surface area (Å²) in [6, 6.07) is 4.60. The normalized spacial score (nSPS) is 10.6. The summed E-state index contributed by atoms with van der Waals surface area (Å²) < 4.78 is 0.562. The molecule has 1 rings (SSSR count). The lowest BCUT2D eigenvalue weighted by Crippen LogP contribution is -2.34. The first-order valence-corrected chi connectivity index (χ1v) is 7.60. The summed E-state index contributed by atoms with van der Waals surface area (Å²) in [5.74, 6) is -1.16. The lowest BCUT2D eigenvalue weighted by Gasteiger charge is -2.18. The maximum Gasteiger partial charge on any atom is 0.336 e. The number of halogens is 1. The lowest BCUT2D eigenvalue weighted by atomic mass is 10.1. The van der Waals surface area contributed by atoms with Crippen molar-refractivity contribution in [2.45, 2.75) is 13.8 Å². The Morgan fingerprint density at radius 1 is 1.30 bits per heavy atom. The molecule has 110 valence electrons. The fourth-order valence-corrected chi connectivity index (χ4v) is 2.55. The number of amides is 1. The van der Waals surface area contributed by atoms with Gasteiger partial charge >= 0.3 is 5.97 Å². The number of hydrogen-bond acceptors (Lipinski definition) is 3. The van der Waals surface area contributed by atoms with Crippen LogP contribution in [-0.4, -0.2) is 48.1 Å². The maximum absolute atomic E-state index is 12.0. The average molecular weight is 390 g/mol. The van der Waals surface area contributed by atoms with Gasteiger partial charge in [0.05, 0.1) is 5.56 Å². The fraction of sp³-hybridized carbons (Fsp3) is 0.429. The van der Waals surface area contributed by atoms with Crippen LogP contribution in [0.1, 0.15) is 34.6 Å². The highest BCUT2D eigenvalue weighted by atomic mass is 127. The van der Waals surface area contributed by atoms with Crippen LogP contribution in [0, 0.1) is 3.57 Å². The minimum Gasteiger partial charge on any atom is -0.478 e. The Morgan fingerprint density at radius 2 is 1.95 bits per heavy atom. The van der Waals surface area contributed by atoms with Gasteiger partial charge in [-0.1, -0.05) is 13.8 Å². The molecule has 0 spiro atoms. The van der Waals surface area contributed by atoms with Gasteiger partial charge < -0.3 is 15.3 Å². The molecule has 0 aliphatic heterocycles. The van der Waals surface area contributed by atoms with Crippen molar-refractivity contribution in [3.05, 3.63) is 32.9 Å². The molecule has 0 atom stereocenters. The molecule has 1 amide bonds. The molecule has 1 aromatic rings. The third-order valence-corrected chi connectivity index (χ3v) is 3.96. The molecule has 0 saturated carbocycles. The first kappa shape index (κ1) is 16.9. The van der Waals surface area contributed by atoms with E-state index in [-0.39, 0.29) is 11.5 Å². The second-order valence-corrected chi connectivity index (χ2v) is 5.44. The Hall–Kier alpha value is -1.15. The molecule has 0 bridgehead atoms. The highest BCUT2D eigenvalue weighted by Gasteiger charge is 2.12. The van der Waals surface area contributed by atoms with Crippen LogP contribution in [0.4, 0.5) is 0 Å². The molecular weight excluding hydrogens is 371 g/mol. The van der Waals surface area contributed by atoms with Crippen molar-refractivity contribution < 1.29 is 14.7 Å². The van der Waals surface area contributed by atoms with Gasteiger partial charge in [0.25, 0.3) is 5.91 Å². The van der Waals surface area contributed by atoms with Crippen molar-refractivity contribution in [3.8, 4) is 0 Å². The number of carboxylic acids is 1. The first-order valence-electron chi connectivity index (χ1n) is 6.53. The summed E-state index contributed by atoms with van der Waals surface area (Å²) in [4.78, 5) is 25.1. The largest absolute Gasteiger partial charge is 0.478 e. The van der Waals surface area contributed by atoms with Crippen LogP contribution >= 0.6 is 22.6 Å². The highest BCUT2D eigenvalue weighted by Crippen LogP contribution is 2.14. The monoisotopic (exact) mass is 390 g/mol. The predicted molar refractivity (Wildman–Crippen MR) is 86.2 cm³/mol. The Labute approximate surface area is 132 Å². The maximum atomic E-state index is 12.0. The molecule has 5 nitrogen and oxygen atoms in total. The van der Waals surface area contributed by atoms with Crippen LogP contribution < -0.4 is 5.32 Å². The number of aromatic carboxylic acids is 1. The zero-order chi connectivity index (χ0) is 15.1. The lowest BCUT2D eigenvalue weighted by molar-refractivity contribution is 0.0695. The summed E-state index contributed by atoms with van der Waals surface area (Å²) >= 11 is 1.93. The molecule has 2 N–H and O–H groups in total. The van der Waals surface area contributed by atoms with E-state index in [0.29, 0.717) is 15.7 Å². The van der Waals surface area contributed by atoms with Gasteiger partial charge in [-0.3, -0.25) is 4.79 Å². The van der Waals surface area contributed by atoms with Crippen LogP contribution in [0.5, 0.6) is 0 Å². The SMILES string of the molecule is CCN(CC)CCNC(=O)c1ccc(C(=O)O)c(I)c1. The van der Waals surface area contributed by atoms with Gasteiger partial charge in [0.15, 0.2) is 0 Å². The van der Waals surface area contributed by atoms with E-state index in [4.69, 9.17) is 5.11 Å². The number of carbonyl (C=O) groups is 2. The molecule has 1 aromatic carbocycles. The molecule has 0 aliphatic rings. The van der Waals surface area contributed by atoms with E-state index >= 15 is 0 Å². The molecule has 6 heteroatoms. The zero-order valence-corrected chi connectivity index (χ0v) is 13.8. The van der Waals surface area contributed by atoms with Crippen molar-refractivity contribution in [1.29, 1.82) is 0 Å². The Kier molecular flexibility index (Phi) is 6.94. The number of likely N-dealkylation sites (N-methyl/N-ethyl adjacent to an activating group) is 1. The number of benzene rings is 1. The van der Waals surface area contributed by atoms with Gasteiger partial charge in [-0.05, 0) is 53.9 Å². The molecular formula is C14H19IN2O3. The van der Waals surface area contributed by atoms with Crippen molar-refractivity contribution in [2.24, 2.45) is 0 Å². The number of rotatable bonds is 7. The minimum atomic E-state index is -0.983. The van der Waals surface area contributed by atoms with E-state index in [0.717, 1.165) is 19.6 Å². The van der Waals surface area contributed by atoms with Crippen LogP contribution in [0.25, 0.3) is 0 Å².